The summed E-state index contributed by atoms with van der Waals surface area (Å²) in [5.41, 5.74) is 0.507. The maximum Gasteiger partial charge on any atom is 0.338 e. The number of carbonyl (C=O) groups is 1. The Morgan fingerprint density at radius 2 is 1.50 bits per heavy atom. The van der Waals surface area contributed by atoms with E-state index >= 15 is 0 Å². The number of esters is 1. The van der Waals surface area contributed by atoms with Crippen molar-refractivity contribution in [2.45, 2.75) is 79.1 Å². The largest absolute Gasteiger partial charge is 0.493 e. The van der Waals surface area contributed by atoms with E-state index in [1.54, 1.807) is 19.2 Å². The van der Waals surface area contributed by atoms with Crippen molar-refractivity contribution in [1.29, 1.82) is 0 Å². The number of unbranched alkanes of at least 4 members (excludes halogenated alkanes) is 2. The Labute approximate surface area is 172 Å². The molecule has 0 aliphatic carbocycles. The van der Waals surface area contributed by atoms with Crippen LogP contribution in [0.3, 0.4) is 0 Å². The van der Waals surface area contributed by atoms with Crippen molar-refractivity contribution in [3.05, 3.63) is 23.8 Å². The third kappa shape index (κ3) is 8.53. The van der Waals surface area contributed by atoms with Gasteiger partial charge in [-0.25, -0.2) is 4.79 Å². The SMILES string of the molecule is CCCCC(CC)COC(=O)c1ccc(OCC(CC)CCCC)c(OC)c1. The second-order valence-corrected chi connectivity index (χ2v) is 7.61. The highest BCUT2D eigenvalue weighted by Crippen LogP contribution is 2.29. The quantitative estimate of drug-likeness (QED) is 0.313. The van der Waals surface area contributed by atoms with Crippen molar-refractivity contribution in [3.8, 4) is 11.5 Å². The van der Waals surface area contributed by atoms with Crippen molar-refractivity contribution < 1.29 is 19.0 Å². The summed E-state index contributed by atoms with van der Waals surface area (Å²) in [5, 5.41) is 0. The molecule has 0 saturated carbocycles. The van der Waals surface area contributed by atoms with Gasteiger partial charge < -0.3 is 14.2 Å². The van der Waals surface area contributed by atoms with Crippen molar-refractivity contribution in [2.75, 3.05) is 20.3 Å². The molecule has 1 rings (SSSR count). The first-order valence-electron chi connectivity index (χ1n) is 11.1. The monoisotopic (exact) mass is 392 g/mol. The molecule has 2 atom stereocenters. The molecule has 1 aromatic carbocycles. The Morgan fingerprint density at radius 1 is 0.893 bits per heavy atom. The third-order valence-electron chi connectivity index (χ3n) is 5.41. The minimum absolute atomic E-state index is 0.297. The molecule has 0 spiro atoms. The molecular weight excluding hydrogens is 352 g/mol. The van der Waals surface area contributed by atoms with Crippen molar-refractivity contribution in [3.63, 3.8) is 0 Å². The molecule has 2 unspecified atom stereocenters. The molecule has 1 aromatic rings. The summed E-state index contributed by atoms with van der Waals surface area (Å²) in [6.07, 6.45) is 9.18. The van der Waals surface area contributed by atoms with Gasteiger partial charge in [-0.2, -0.15) is 0 Å². The van der Waals surface area contributed by atoms with E-state index in [0.717, 1.165) is 19.3 Å². The van der Waals surface area contributed by atoms with E-state index in [0.29, 0.717) is 42.1 Å². The van der Waals surface area contributed by atoms with Gasteiger partial charge in [0.15, 0.2) is 11.5 Å². The van der Waals surface area contributed by atoms with Crippen LogP contribution in [0.1, 0.15) is 89.4 Å². The number of methoxy groups -OCH3 is 1. The van der Waals surface area contributed by atoms with E-state index < -0.39 is 0 Å². The lowest BCUT2D eigenvalue weighted by Gasteiger charge is -2.18. The van der Waals surface area contributed by atoms with Crippen LogP contribution in [0.25, 0.3) is 0 Å². The lowest BCUT2D eigenvalue weighted by Crippen LogP contribution is -2.14. The fourth-order valence-electron chi connectivity index (χ4n) is 3.19. The topological polar surface area (TPSA) is 44.8 Å². The Morgan fingerprint density at radius 3 is 2.04 bits per heavy atom. The zero-order valence-electron chi connectivity index (χ0n) is 18.6. The summed E-state index contributed by atoms with van der Waals surface area (Å²) in [7, 11) is 1.60. The fraction of sp³-hybridized carbons (Fsp3) is 0.708. The second-order valence-electron chi connectivity index (χ2n) is 7.61. The Kier molecular flexibility index (Phi) is 12.4. The summed E-state index contributed by atoms with van der Waals surface area (Å²) in [6, 6.07) is 5.30. The average Bonchev–Trinajstić information content (AvgIpc) is 2.73. The summed E-state index contributed by atoms with van der Waals surface area (Å²) in [4.78, 5) is 12.4. The first kappa shape index (κ1) is 24.3. The lowest BCUT2D eigenvalue weighted by molar-refractivity contribution is 0.0427. The first-order chi connectivity index (χ1) is 13.6. The summed E-state index contributed by atoms with van der Waals surface area (Å²) < 4.78 is 17.0. The van der Waals surface area contributed by atoms with E-state index in [1.807, 2.05) is 6.07 Å². The summed E-state index contributed by atoms with van der Waals surface area (Å²) in [5.74, 6) is 1.95. The van der Waals surface area contributed by atoms with Crippen LogP contribution in [0.5, 0.6) is 11.5 Å². The maximum atomic E-state index is 12.4. The molecule has 0 aliphatic rings. The first-order valence-corrected chi connectivity index (χ1v) is 11.1. The lowest BCUT2D eigenvalue weighted by atomic mass is 10.0. The second kappa shape index (κ2) is 14.3. The number of carbonyl (C=O) groups excluding carboxylic acids is 1. The number of hydrogen-bond acceptors (Lipinski definition) is 4. The van der Waals surface area contributed by atoms with Gasteiger partial charge in [-0.1, -0.05) is 66.2 Å². The molecule has 4 nitrogen and oxygen atoms in total. The third-order valence-corrected chi connectivity index (χ3v) is 5.41. The number of benzene rings is 1. The molecule has 28 heavy (non-hydrogen) atoms. The van der Waals surface area contributed by atoms with Gasteiger partial charge in [-0.05, 0) is 42.9 Å². The molecule has 0 heterocycles. The van der Waals surface area contributed by atoms with Crippen LogP contribution in [0.15, 0.2) is 18.2 Å². The average molecular weight is 393 g/mol. The molecule has 0 aromatic heterocycles. The number of hydrogen-bond donors (Lipinski definition) is 0. The van der Waals surface area contributed by atoms with Crippen LogP contribution in [0.4, 0.5) is 0 Å². The van der Waals surface area contributed by atoms with Gasteiger partial charge in [0.1, 0.15) is 0 Å². The predicted molar refractivity (Wildman–Crippen MR) is 115 cm³/mol. The van der Waals surface area contributed by atoms with E-state index in [-0.39, 0.29) is 5.97 Å². The van der Waals surface area contributed by atoms with Gasteiger partial charge in [0.05, 0.1) is 25.9 Å². The van der Waals surface area contributed by atoms with Crippen LogP contribution in [-0.4, -0.2) is 26.3 Å². The molecule has 0 radical (unpaired) electrons. The zero-order valence-corrected chi connectivity index (χ0v) is 18.6. The Bertz CT molecular complexity index is 556. The molecule has 4 heteroatoms. The van der Waals surface area contributed by atoms with Crippen LogP contribution < -0.4 is 9.47 Å². The summed E-state index contributed by atoms with van der Waals surface area (Å²) in [6.45, 7) is 9.89. The molecule has 0 N–H and O–H groups in total. The Hall–Kier alpha value is -1.71. The zero-order chi connectivity index (χ0) is 20.8. The van der Waals surface area contributed by atoms with Gasteiger partial charge in [-0.3, -0.25) is 0 Å². The summed E-state index contributed by atoms with van der Waals surface area (Å²) >= 11 is 0. The molecule has 0 aliphatic heterocycles. The van der Waals surface area contributed by atoms with Gasteiger partial charge in [-0.15, -0.1) is 0 Å². The minimum atomic E-state index is -0.297. The van der Waals surface area contributed by atoms with E-state index in [2.05, 4.69) is 27.7 Å². The normalized spacial score (nSPS) is 13.0. The highest BCUT2D eigenvalue weighted by Gasteiger charge is 2.16. The molecular formula is C24H40O4. The minimum Gasteiger partial charge on any atom is -0.493 e. The van der Waals surface area contributed by atoms with Gasteiger partial charge in [0.2, 0.25) is 0 Å². The fourth-order valence-corrected chi connectivity index (χ4v) is 3.19. The van der Waals surface area contributed by atoms with Crippen LogP contribution in [-0.2, 0) is 4.74 Å². The van der Waals surface area contributed by atoms with Gasteiger partial charge in [0, 0.05) is 0 Å². The smallest absolute Gasteiger partial charge is 0.338 e. The molecule has 0 bridgehead atoms. The van der Waals surface area contributed by atoms with Crippen molar-refractivity contribution in [1.82, 2.24) is 0 Å². The predicted octanol–water partition coefficient (Wildman–Crippen LogP) is 6.66. The maximum absolute atomic E-state index is 12.4. The molecule has 160 valence electrons. The molecule has 0 fully saturated rings. The van der Waals surface area contributed by atoms with E-state index in [4.69, 9.17) is 14.2 Å². The van der Waals surface area contributed by atoms with E-state index in [1.165, 1.54) is 32.1 Å². The highest BCUT2D eigenvalue weighted by atomic mass is 16.5. The Balaban J connectivity index is 2.66. The molecule has 0 amide bonds. The van der Waals surface area contributed by atoms with Gasteiger partial charge >= 0.3 is 5.97 Å². The van der Waals surface area contributed by atoms with Crippen LogP contribution in [0.2, 0.25) is 0 Å². The van der Waals surface area contributed by atoms with E-state index in [9.17, 15) is 4.79 Å². The number of rotatable bonds is 15. The highest BCUT2D eigenvalue weighted by molar-refractivity contribution is 5.90. The van der Waals surface area contributed by atoms with Crippen molar-refractivity contribution >= 4 is 5.97 Å². The van der Waals surface area contributed by atoms with Crippen LogP contribution in [0, 0.1) is 11.8 Å². The van der Waals surface area contributed by atoms with Crippen LogP contribution >= 0.6 is 0 Å². The standard InChI is InChI=1S/C24H40O4/c1-6-10-12-19(8-3)17-27-22-15-14-21(16-23(22)26-5)24(25)28-18-20(9-4)13-11-7-2/h14-16,19-20H,6-13,17-18H2,1-5H3. The number of ether oxygens (including phenoxy) is 3. The van der Waals surface area contributed by atoms with Gasteiger partial charge in [0.25, 0.3) is 0 Å². The molecule has 0 saturated heterocycles. The van der Waals surface area contributed by atoms with Crippen molar-refractivity contribution in [2.24, 2.45) is 11.8 Å².